The minimum atomic E-state index is -0.405. The maximum absolute atomic E-state index is 12.6. The Kier molecular flexibility index (Phi) is 3.67. The summed E-state index contributed by atoms with van der Waals surface area (Å²) in [6.07, 6.45) is 0. The molecular formula is C14H11ClN4O2S. The van der Waals surface area contributed by atoms with Crippen molar-refractivity contribution in [3.63, 3.8) is 0 Å². The zero-order chi connectivity index (χ0) is 15.9. The summed E-state index contributed by atoms with van der Waals surface area (Å²) < 4.78 is 5.06. The average Bonchev–Trinajstić information content (AvgIpc) is 3.03. The molecule has 0 bridgehead atoms. The van der Waals surface area contributed by atoms with Crippen molar-refractivity contribution < 1.29 is 4.79 Å². The zero-order valence-electron chi connectivity index (χ0n) is 11.8. The molecule has 1 aromatic carbocycles. The molecule has 0 fully saturated rings. The molecule has 1 N–H and O–H groups in total. The minimum absolute atomic E-state index is 0.101. The lowest BCUT2D eigenvalue weighted by atomic mass is 10.1. The second-order valence-corrected chi connectivity index (χ2v) is 5.94. The van der Waals surface area contributed by atoms with Gasteiger partial charge in [0.05, 0.1) is 11.4 Å². The average molecular weight is 335 g/mol. The topological polar surface area (TPSA) is 80.6 Å². The van der Waals surface area contributed by atoms with Crippen LogP contribution in [0.25, 0.3) is 5.69 Å². The van der Waals surface area contributed by atoms with Gasteiger partial charge in [-0.2, -0.15) is 0 Å². The van der Waals surface area contributed by atoms with Crippen molar-refractivity contribution in [3.05, 3.63) is 61.5 Å². The Balaban J connectivity index is 2.12. The summed E-state index contributed by atoms with van der Waals surface area (Å²) in [6.45, 7) is 3.38. The molecule has 0 spiro atoms. The van der Waals surface area contributed by atoms with Crippen molar-refractivity contribution >= 4 is 28.9 Å². The van der Waals surface area contributed by atoms with Crippen molar-refractivity contribution in [2.24, 2.45) is 0 Å². The fourth-order valence-corrected chi connectivity index (χ4v) is 2.87. The van der Waals surface area contributed by atoms with E-state index in [0.29, 0.717) is 27.0 Å². The number of ketones is 1. The number of nitrogens with one attached hydrogen (secondary N) is 1. The van der Waals surface area contributed by atoms with E-state index >= 15 is 0 Å². The first kappa shape index (κ1) is 14.7. The van der Waals surface area contributed by atoms with E-state index in [0.717, 1.165) is 11.5 Å². The third-order valence-electron chi connectivity index (χ3n) is 3.24. The first-order chi connectivity index (χ1) is 10.5. The fraction of sp³-hybridized carbons (Fsp3) is 0.143. The molecule has 0 aliphatic carbocycles. The van der Waals surface area contributed by atoms with E-state index in [1.165, 1.54) is 4.68 Å². The largest absolute Gasteiger partial charge is 0.295 e. The summed E-state index contributed by atoms with van der Waals surface area (Å²) in [4.78, 5) is 25.5. The van der Waals surface area contributed by atoms with Crippen molar-refractivity contribution in [2.45, 2.75) is 13.8 Å². The normalized spacial score (nSPS) is 10.9. The van der Waals surface area contributed by atoms with Crippen LogP contribution in [0, 0.1) is 13.8 Å². The smallest absolute Gasteiger partial charge is 0.282 e. The van der Waals surface area contributed by atoms with Crippen molar-refractivity contribution in [1.29, 1.82) is 0 Å². The SMILES string of the molecule is Cc1nnsc1C(=O)c1c(C)[nH]n(-c2ccc(Cl)cc2)c1=O. The van der Waals surface area contributed by atoms with Crippen LogP contribution in [0.15, 0.2) is 29.1 Å². The zero-order valence-corrected chi connectivity index (χ0v) is 13.3. The Bertz CT molecular complexity index is 908. The molecule has 0 amide bonds. The molecule has 0 saturated heterocycles. The molecule has 0 saturated carbocycles. The fourth-order valence-electron chi connectivity index (χ4n) is 2.14. The maximum atomic E-state index is 12.6. The van der Waals surface area contributed by atoms with Gasteiger partial charge in [0.25, 0.3) is 5.56 Å². The number of carbonyl (C=O) groups excluding carboxylic acids is 1. The number of hydrogen-bond acceptors (Lipinski definition) is 5. The van der Waals surface area contributed by atoms with E-state index in [-0.39, 0.29) is 11.3 Å². The lowest BCUT2D eigenvalue weighted by Crippen LogP contribution is -2.20. The highest BCUT2D eigenvalue weighted by molar-refractivity contribution is 7.08. The third kappa shape index (κ3) is 2.38. The molecular weight excluding hydrogens is 324 g/mol. The second kappa shape index (κ2) is 5.51. The van der Waals surface area contributed by atoms with Gasteiger partial charge in [0.1, 0.15) is 10.4 Å². The predicted octanol–water partition coefficient (Wildman–Crippen LogP) is 2.52. The molecule has 3 rings (SSSR count). The van der Waals surface area contributed by atoms with Gasteiger partial charge in [0.2, 0.25) is 5.78 Å². The van der Waals surface area contributed by atoms with Gasteiger partial charge >= 0.3 is 0 Å². The summed E-state index contributed by atoms with van der Waals surface area (Å²) in [5.74, 6) is -0.362. The number of halogens is 1. The lowest BCUT2D eigenvalue weighted by molar-refractivity contribution is 0.104. The molecule has 8 heteroatoms. The van der Waals surface area contributed by atoms with E-state index < -0.39 is 5.56 Å². The highest BCUT2D eigenvalue weighted by Crippen LogP contribution is 2.17. The highest BCUT2D eigenvalue weighted by Gasteiger charge is 2.24. The highest BCUT2D eigenvalue weighted by atomic mass is 35.5. The first-order valence-electron chi connectivity index (χ1n) is 6.40. The van der Waals surface area contributed by atoms with Crippen LogP contribution in [0.4, 0.5) is 0 Å². The van der Waals surface area contributed by atoms with Gasteiger partial charge in [-0.15, -0.1) is 5.10 Å². The first-order valence-corrected chi connectivity index (χ1v) is 7.55. The van der Waals surface area contributed by atoms with Crippen LogP contribution in [0.1, 0.15) is 26.6 Å². The molecule has 0 aliphatic heterocycles. The number of rotatable bonds is 3. The molecule has 22 heavy (non-hydrogen) atoms. The van der Waals surface area contributed by atoms with Crippen LogP contribution < -0.4 is 5.56 Å². The molecule has 2 heterocycles. The second-order valence-electron chi connectivity index (χ2n) is 4.75. The summed E-state index contributed by atoms with van der Waals surface area (Å²) in [6, 6.07) is 6.76. The van der Waals surface area contributed by atoms with Gasteiger partial charge in [-0.25, -0.2) is 4.68 Å². The molecule has 0 radical (unpaired) electrons. The monoisotopic (exact) mass is 334 g/mol. The van der Waals surface area contributed by atoms with E-state index in [1.54, 1.807) is 38.1 Å². The number of aryl methyl sites for hydroxylation is 2. The molecule has 0 atom stereocenters. The van der Waals surface area contributed by atoms with Gasteiger partial charge in [0.15, 0.2) is 0 Å². The summed E-state index contributed by atoms with van der Waals surface area (Å²) >= 11 is 6.83. The van der Waals surface area contributed by atoms with E-state index in [2.05, 4.69) is 14.7 Å². The van der Waals surface area contributed by atoms with E-state index in [1.807, 2.05) is 0 Å². The Labute approximate surface area is 134 Å². The van der Waals surface area contributed by atoms with Gasteiger partial charge in [-0.1, -0.05) is 16.1 Å². The van der Waals surface area contributed by atoms with Gasteiger partial charge in [0, 0.05) is 10.7 Å². The van der Waals surface area contributed by atoms with Crippen LogP contribution in [0.5, 0.6) is 0 Å². The molecule has 0 unspecified atom stereocenters. The van der Waals surface area contributed by atoms with E-state index in [4.69, 9.17) is 11.6 Å². The third-order valence-corrected chi connectivity index (χ3v) is 4.32. The number of hydrogen-bond donors (Lipinski definition) is 1. The van der Waals surface area contributed by atoms with Crippen LogP contribution >= 0.6 is 23.1 Å². The van der Waals surface area contributed by atoms with Crippen molar-refractivity contribution in [2.75, 3.05) is 0 Å². The van der Waals surface area contributed by atoms with Crippen molar-refractivity contribution in [1.82, 2.24) is 19.4 Å². The molecule has 0 aliphatic rings. The standard InChI is InChI=1S/C14H11ClN4O2S/c1-7-11(12(20)13-8(2)16-18-22-13)14(21)19(17-7)10-5-3-9(15)4-6-10/h3-6,17H,1-2H3. The Hall–Kier alpha value is -2.25. The van der Waals surface area contributed by atoms with Gasteiger partial charge < -0.3 is 0 Å². The predicted molar refractivity (Wildman–Crippen MR) is 84.2 cm³/mol. The van der Waals surface area contributed by atoms with Gasteiger partial charge in [-0.3, -0.25) is 14.7 Å². The van der Waals surface area contributed by atoms with Gasteiger partial charge in [-0.05, 0) is 49.6 Å². The van der Waals surface area contributed by atoms with Crippen LogP contribution in [-0.4, -0.2) is 25.2 Å². The van der Waals surface area contributed by atoms with Crippen molar-refractivity contribution in [3.8, 4) is 5.69 Å². The Morgan fingerprint density at radius 1 is 1.27 bits per heavy atom. The number of aromatic amines is 1. The van der Waals surface area contributed by atoms with Crippen LogP contribution in [-0.2, 0) is 0 Å². The maximum Gasteiger partial charge on any atom is 0.282 e. The number of aromatic nitrogens is 4. The van der Waals surface area contributed by atoms with Crippen LogP contribution in [0.2, 0.25) is 5.02 Å². The summed E-state index contributed by atoms with van der Waals surface area (Å²) in [7, 11) is 0. The van der Waals surface area contributed by atoms with Crippen LogP contribution in [0.3, 0.4) is 0 Å². The molecule has 6 nitrogen and oxygen atoms in total. The lowest BCUT2D eigenvalue weighted by Gasteiger charge is -2.00. The Morgan fingerprint density at radius 3 is 2.55 bits per heavy atom. The molecule has 112 valence electrons. The van der Waals surface area contributed by atoms with E-state index in [9.17, 15) is 9.59 Å². The summed E-state index contributed by atoms with van der Waals surface area (Å²) in [5, 5.41) is 7.30. The Morgan fingerprint density at radius 2 is 1.95 bits per heavy atom. The molecule has 3 aromatic rings. The quantitative estimate of drug-likeness (QED) is 0.746. The number of benzene rings is 1. The number of carbonyl (C=O) groups is 1. The number of H-pyrrole nitrogens is 1. The molecule has 2 aromatic heterocycles. The number of nitrogens with zero attached hydrogens (tertiary/aromatic N) is 3. The minimum Gasteiger partial charge on any atom is -0.295 e. The summed E-state index contributed by atoms with van der Waals surface area (Å²) in [5.41, 5.74) is 1.32.